The smallest absolute Gasteiger partial charge is 0.311 e. The van der Waals surface area contributed by atoms with Crippen LogP contribution in [0, 0.1) is 11.3 Å². The molecule has 6 nitrogen and oxygen atoms in total. The molecule has 2 aliphatic rings. The summed E-state index contributed by atoms with van der Waals surface area (Å²) in [5.74, 6) is -0.907. The van der Waals surface area contributed by atoms with Crippen LogP contribution in [-0.2, 0) is 4.79 Å². The van der Waals surface area contributed by atoms with Crippen molar-refractivity contribution in [3.05, 3.63) is 28.4 Å². The van der Waals surface area contributed by atoms with Gasteiger partial charge in [0.25, 0.3) is 5.91 Å². The second kappa shape index (κ2) is 5.06. The van der Waals surface area contributed by atoms with E-state index in [1.54, 1.807) is 4.90 Å². The van der Waals surface area contributed by atoms with Gasteiger partial charge >= 0.3 is 5.97 Å². The zero-order chi connectivity index (χ0) is 16.2. The normalized spacial score (nSPS) is 26.7. The lowest BCUT2D eigenvalue weighted by Gasteiger charge is -2.23. The summed E-state index contributed by atoms with van der Waals surface area (Å²) >= 11 is 3.41. The second-order valence-electron chi connectivity index (χ2n) is 6.50. The zero-order valence-corrected chi connectivity index (χ0v) is 14.0. The first-order valence-corrected chi connectivity index (χ1v) is 8.47. The zero-order valence-electron chi connectivity index (χ0n) is 12.4. The summed E-state index contributed by atoms with van der Waals surface area (Å²) in [7, 11) is 0. The fourth-order valence-corrected chi connectivity index (χ4v) is 4.45. The third-order valence-corrected chi connectivity index (χ3v) is 5.80. The predicted molar refractivity (Wildman–Crippen MR) is 87.1 cm³/mol. The number of nitrogens with one attached hydrogen (secondary N) is 1. The number of H-pyrrole nitrogens is 1. The first kappa shape index (κ1) is 14.7. The van der Waals surface area contributed by atoms with Gasteiger partial charge in [0, 0.05) is 22.9 Å². The van der Waals surface area contributed by atoms with Crippen molar-refractivity contribution >= 4 is 38.7 Å². The van der Waals surface area contributed by atoms with Gasteiger partial charge in [0.15, 0.2) is 5.69 Å². The van der Waals surface area contributed by atoms with Crippen LogP contribution in [0.25, 0.3) is 10.9 Å². The molecule has 7 heteroatoms. The summed E-state index contributed by atoms with van der Waals surface area (Å²) in [5, 5.41) is 17.4. The molecule has 4 rings (SSSR count). The number of aromatic nitrogens is 2. The largest absolute Gasteiger partial charge is 0.481 e. The summed E-state index contributed by atoms with van der Waals surface area (Å²) < 4.78 is 0.876. The molecule has 1 saturated carbocycles. The average molecular weight is 378 g/mol. The summed E-state index contributed by atoms with van der Waals surface area (Å²) in [5.41, 5.74) is 0.397. The number of hydrogen-bond acceptors (Lipinski definition) is 3. The standard InChI is InChI=1S/C16H16BrN3O3/c17-10-3-4-12-11(6-10)13(19-18-12)14(21)20-7-9-2-1-5-16(9,8-20)15(22)23/h3-4,6,9H,1-2,5,7-8H2,(H,18,19)(H,22,23)/t9-,16+/m0/s1. The minimum Gasteiger partial charge on any atom is -0.481 e. The van der Waals surface area contributed by atoms with Crippen LogP contribution in [0.15, 0.2) is 22.7 Å². The van der Waals surface area contributed by atoms with Crippen molar-refractivity contribution in [2.75, 3.05) is 13.1 Å². The van der Waals surface area contributed by atoms with E-state index in [4.69, 9.17) is 0 Å². The Bertz CT molecular complexity index is 818. The van der Waals surface area contributed by atoms with Crippen LogP contribution in [0.3, 0.4) is 0 Å². The maximum atomic E-state index is 12.9. The number of rotatable bonds is 2. The number of aromatic amines is 1. The summed E-state index contributed by atoms with van der Waals surface area (Å²) in [4.78, 5) is 26.3. The lowest BCUT2D eigenvalue weighted by atomic mass is 9.81. The Morgan fingerprint density at radius 3 is 3.00 bits per heavy atom. The topological polar surface area (TPSA) is 86.3 Å². The monoisotopic (exact) mass is 377 g/mol. The average Bonchev–Trinajstić information content (AvgIpc) is 3.17. The molecule has 2 aromatic rings. The molecule has 2 fully saturated rings. The number of carbonyl (C=O) groups excluding carboxylic acids is 1. The molecule has 2 atom stereocenters. The Morgan fingerprint density at radius 2 is 2.26 bits per heavy atom. The van der Waals surface area contributed by atoms with Crippen molar-refractivity contribution in [2.24, 2.45) is 11.3 Å². The quantitative estimate of drug-likeness (QED) is 0.841. The number of nitrogens with zero attached hydrogens (tertiary/aromatic N) is 2. The molecule has 1 aliphatic carbocycles. The minimum atomic E-state index is -0.773. The summed E-state index contributed by atoms with van der Waals surface area (Å²) in [6, 6.07) is 5.60. The van der Waals surface area contributed by atoms with Crippen molar-refractivity contribution in [1.29, 1.82) is 0 Å². The minimum absolute atomic E-state index is 0.0564. The number of aliphatic carboxylic acids is 1. The van der Waals surface area contributed by atoms with E-state index in [-0.39, 0.29) is 18.4 Å². The molecule has 2 heterocycles. The van der Waals surface area contributed by atoms with Gasteiger partial charge in [-0.05, 0) is 37.0 Å². The maximum Gasteiger partial charge on any atom is 0.311 e. The number of amides is 1. The molecule has 0 radical (unpaired) electrons. The van der Waals surface area contributed by atoms with Gasteiger partial charge in [-0.25, -0.2) is 0 Å². The molecule has 1 aliphatic heterocycles. The van der Waals surface area contributed by atoms with E-state index in [9.17, 15) is 14.7 Å². The van der Waals surface area contributed by atoms with Crippen LogP contribution in [-0.4, -0.2) is 45.2 Å². The highest BCUT2D eigenvalue weighted by molar-refractivity contribution is 9.10. The highest BCUT2D eigenvalue weighted by Crippen LogP contribution is 2.49. The summed E-state index contributed by atoms with van der Waals surface area (Å²) in [6.45, 7) is 0.793. The number of carboxylic acid groups (broad SMARTS) is 1. The maximum absolute atomic E-state index is 12.9. The Balaban J connectivity index is 1.67. The Kier molecular flexibility index (Phi) is 3.23. The van der Waals surface area contributed by atoms with E-state index >= 15 is 0 Å². The van der Waals surface area contributed by atoms with E-state index in [1.807, 2.05) is 18.2 Å². The molecule has 1 aromatic carbocycles. The van der Waals surface area contributed by atoms with Gasteiger partial charge in [-0.1, -0.05) is 22.4 Å². The number of hydrogen-bond donors (Lipinski definition) is 2. The number of benzene rings is 1. The van der Waals surface area contributed by atoms with Crippen molar-refractivity contribution in [1.82, 2.24) is 15.1 Å². The molecule has 0 spiro atoms. The Morgan fingerprint density at radius 1 is 1.43 bits per heavy atom. The van der Waals surface area contributed by atoms with Gasteiger partial charge in [-0.3, -0.25) is 14.7 Å². The van der Waals surface area contributed by atoms with Crippen LogP contribution >= 0.6 is 15.9 Å². The first-order valence-electron chi connectivity index (χ1n) is 7.67. The van der Waals surface area contributed by atoms with Crippen molar-refractivity contribution < 1.29 is 14.7 Å². The molecule has 0 unspecified atom stereocenters. The van der Waals surface area contributed by atoms with E-state index in [1.165, 1.54) is 0 Å². The third kappa shape index (κ3) is 2.09. The van der Waals surface area contributed by atoms with E-state index in [2.05, 4.69) is 26.1 Å². The SMILES string of the molecule is O=C(c1n[nH]c2ccc(Br)cc12)N1C[C@@H]2CCC[C@@]2(C(=O)O)C1. The van der Waals surface area contributed by atoms with E-state index in [0.717, 1.165) is 28.2 Å². The molecule has 1 amide bonds. The van der Waals surface area contributed by atoms with Crippen LogP contribution in [0.5, 0.6) is 0 Å². The lowest BCUT2D eigenvalue weighted by molar-refractivity contribution is -0.149. The highest BCUT2D eigenvalue weighted by atomic mass is 79.9. The lowest BCUT2D eigenvalue weighted by Crippen LogP contribution is -2.37. The molecule has 2 N–H and O–H groups in total. The van der Waals surface area contributed by atoms with Crippen LogP contribution in [0.1, 0.15) is 29.8 Å². The fourth-order valence-electron chi connectivity index (χ4n) is 4.09. The fraction of sp³-hybridized carbons (Fsp3) is 0.438. The Labute approximate surface area is 141 Å². The highest BCUT2D eigenvalue weighted by Gasteiger charge is 2.56. The molecule has 1 aromatic heterocycles. The molecule has 120 valence electrons. The molecular formula is C16H16BrN3O3. The third-order valence-electron chi connectivity index (χ3n) is 5.31. The van der Waals surface area contributed by atoms with Crippen molar-refractivity contribution in [3.8, 4) is 0 Å². The molecule has 0 bridgehead atoms. The van der Waals surface area contributed by atoms with Gasteiger partial charge in [0.2, 0.25) is 0 Å². The molecule has 23 heavy (non-hydrogen) atoms. The van der Waals surface area contributed by atoms with Gasteiger partial charge < -0.3 is 10.0 Å². The van der Waals surface area contributed by atoms with Crippen molar-refractivity contribution in [3.63, 3.8) is 0 Å². The van der Waals surface area contributed by atoms with Gasteiger partial charge in [0.1, 0.15) is 0 Å². The van der Waals surface area contributed by atoms with Gasteiger partial charge in [-0.2, -0.15) is 5.10 Å². The van der Waals surface area contributed by atoms with Gasteiger partial charge in [0.05, 0.1) is 10.9 Å². The van der Waals surface area contributed by atoms with Crippen LogP contribution in [0.2, 0.25) is 0 Å². The molecular weight excluding hydrogens is 362 g/mol. The second-order valence-corrected chi connectivity index (χ2v) is 7.41. The number of carboxylic acids is 1. The number of halogens is 1. The van der Waals surface area contributed by atoms with Crippen molar-refractivity contribution in [2.45, 2.75) is 19.3 Å². The number of likely N-dealkylation sites (tertiary alicyclic amines) is 1. The first-order chi connectivity index (χ1) is 11.0. The van der Waals surface area contributed by atoms with Crippen LogP contribution < -0.4 is 0 Å². The Hall–Kier alpha value is -1.89. The van der Waals surface area contributed by atoms with Gasteiger partial charge in [-0.15, -0.1) is 0 Å². The number of fused-ring (bicyclic) bond motifs is 2. The number of carbonyl (C=O) groups is 2. The molecule has 1 saturated heterocycles. The van der Waals surface area contributed by atoms with Crippen LogP contribution in [0.4, 0.5) is 0 Å². The summed E-state index contributed by atoms with van der Waals surface area (Å²) in [6.07, 6.45) is 2.46. The van der Waals surface area contributed by atoms with E-state index in [0.29, 0.717) is 18.7 Å². The van der Waals surface area contributed by atoms with E-state index < -0.39 is 11.4 Å². The predicted octanol–water partition coefficient (Wildman–Crippen LogP) is 2.65.